The second-order valence-corrected chi connectivity index (χ2v) is 6.95. The van der Waals surface area contributed by atoms with Gasteiger partial charge in [0, 0.05) is 21.7 Å². The number of nitrogens with zero attached hydrogens (tertiary/aromatic N) is 1. The first-order valence-electron chi connectivity index (χ1n) is 6.63. The van der Waals surface area contributed by atoms with Gasteiger partial charge in [0.15, 0.2) is 0 Å². The minimum Gasteiger partial charge on any atom is -0.298 e. The number of halogens is 1. The lowest BCUT2D eigenvalue weighted by molar-refractivity contribution is 0.178. The molecule has 3 heteroatoms. The van der Waals surface area contributed by atoms with Crippen LogP contribution in [-0.2, 0) is 13.0 Å². The Balaban J connectivity index is 1.81. The van der Waals surface area contributed by atoms with E-state index in [1.54, 1.807) is 0 Å². The first-order valence-corrected chi connectivity index (χ1v) is 7.88. The van der Waals surface area contributed by atoms with Crippen LogP contribution in [0.2, 0.25) is 0 Å². The Bertz CT molecular complexity index is 340. The summed E-state index contributed by atoms with van der Waals surface area (Å²) < 4.78 is 0. The van der Waals surface area contributed by atoms with E-state index in [4.69, 9.17) is 11.6 Å². The van der Waals surface area contributed by atoms with Crippen LogP contribution in [0.25, 0.3) is 0 Å². The Morgan fingerprint density at radius 3 is 2.53 bits per heavy atom. The molecule has 17 heavy (non-hydrogen) atoms. The third kappa shape index (κ3) is 3.70. The molecule has 1 aromatic rings. The van der Waals surface area contributed by atoms with Crippen molar-refractivity contribution in [2.75, 3.05) is 13.1 Å². The summed E-state index contributed by atoms with van der Waals surface area (Å²) in [6.07, 6.45) is 3.68. The van der Waals surface area contributed by atoms with Crippen molar-refractivity contribution in [3.8, 4) is 0 Å². The molecule has 1 saturated heterocycles. The summed E-state index contributed by atoms with van der Waals surface area (Å²) in [5, 5.41) is 0.339. The van der Waals surface area contributed by atoms with Crippen LogP contribution in [-0.4, -0.2) is 23.4 Å². The predicted octanol–water partition coefficient (Wildman–Crippen LogP) is 4.15. The van der Waals surface area contributed by atoms with Gasteiger partial charge in [0.05, 0.1) is 0 Å². The van der Waals surface area contributed by atoms with Gasteiger partial charge < -0.3 is 0 Å². The number of hydrogen-bond donors (Lipinski definition) is 0. The molecule has 0 bridgehead atoms. The number of rotatable bonds is 4. The van der Waals surface area contributed by atoms with E-state index < -0.39 is 0 Å². The van der Waals surface area contributed by atoms with Crippen molar-refractivity contribution in [2.45, 2.75) is 45.0 Å². The van der Waals surface area contributed by atoms with Gasteiger partial charge in [0.25, 0.3) is 0 Å². The van der Waals surface area contributed by atoms with Crippen LogP contribution >= 0.6 is 22.9 Å². The second-order valence-electron chi connectivity index (χ2n) is 5.01. The van der Waals surface area contributed by atoms with Gasteiger partial charge in [-0.1, -0.05) is 6.92 Å². The predicted molar refractivity (Wildman–Crippen MR) is 77.0 cm³/mol. The number of hydrogen-bond acceptors (Lipinski definition) is 2. The fourth-order valence-corrected chi connectivity index (χ4v) is 3.74. The van der Waals surface area contributed by atoms with Gasteiger partial charge in [0.2, 0.25) is 0 Å². The molecule has 1 unspecified atom stereocenters. The molecule has 0 N–H and O–H groups in total. The standard InChI is InChI=1S/C14H22ClNS/c1-3-13-4-5-14(17-13)10-16-8-6-12(7-9-16)11(2)15/h4-5,11-12H,3,6-10H2,1-2H3. The maximum absolute atomic E-state index is 6.17. The van der Waals surface area contributed by atoms with Crippen molar-refractivity contribution in [3.05, 3.63) is 21.9 Å². The molecule has 1 aromatic heterocycles. The number of alkyl halides is 1. The molecule has 1 aliphatic rings. The molecule has 0 aromatic carbocycles. The molecule has 0 saturated carbocycles. The van der Waals surface area contributed by atoms with Gasteiger partial charge in [-0.05, 0) is 57.3 Å². The maximum Gasteiger partial charge on any atom is 0.0337 e. The SMILES string of the molecule is CCc1ccc(CN2CCC(C(C)Cl)CC2)s1. The monoisotopic (exact) mass is 271 g/mol. The van der Waals surface area contributed by atoms with E-state index in [-0.39, 0.29) is 0 Å². The second kappa shape index (κ2) is 6.21. The average Bonchev–Trinajstić information content (AvgIpc) is 2.77. The van der Waals surface area contributed by atoms with Gasteiger partial charge in [0.1, 0.15) is 0 Å². The van der Waals surface area contributed by atoms with E-state index in [9.17, 15) is 0 Å². The summed E-state index contributed by atoms with van der Waals surface area (Å²) in [4.78, 5) is 5.59. The summed E-state index contributed by atoms with van der Waals surface area (Å²) in [5.41, 5.74) is 0. The van der Waals surface area contributed by atoms with Crippen molar-refractivity contribution >= 4 is 22.9 Å². The van der Waals surface area contributed by atoms with Gasteiger partial charge >= 0.3 is 0 Å². The topological polar surface area (TPSA) is 3.24 Å². The Morgan fingerprint density at radius 2 is 2.00 bits per heavy atom. The molecule has 0 aliphatic carbocycles. The van der Waals surface area contributed by atoms with Crippen LogP contribution in [0, 0.1) is 5.92 Å². The van der Waals surface area contributed by atoms with Crippen molar-refractivity contribution in [1.82, 2.24) is 4.90 Å². The molecule has 2 rings (SSSR count). The normalized spacial score (nSPS) is 20.6. The van der Waals surface area contributed by atoms with Gasteiger partial charge in [-0.15, -0.1) is 22.9 Å². The van der Waals surface area contributed by atoms with Crippen molar-refractivity contribution in [3.63, 3.8) is 0 Å². The Morgan fingerprint density at radius 1 is 1.35 bits per heavy atom. The summed E-state index contributed by atoms with van der Waals surface area (Å²) in [6, 6.07) is 4.56. The van der Waals surface area contributed by atoms with E-state index in [0.29, 0.717) is 5.38 Å². The Kier molecular flexibility index (Phi) is 4.89. The van der Waals surface area contributed by atoms with Crippen LogP contribution in [0.1, 0.15) is 36.4 Å². The summed E-state index contributed by atoms with van der Waals surface area (Å²) in [5.74, 6) is 0.724. The fraction of sp³-hybridized carbons (Fsp3) is 0.714. The zero-order valence-corrected chi connectivity index (χ0v) is 12.4. The highest BCUT2D eigenvalue weighted by Gasteiger charge is 2.22. The fourth-order valence-electron chi connectivity index (χ4n) is 2.49. The van der Waals surface area contributed by atoms with Crippen molar-refractivity contribution in [1.29, 1.82) is 0 Å². The minimum atomic E-state index is 0.339. The molecule has 1 nitrogen and oxygen atoms in total. The number of thiophene rings is 1. The lowest BCUT2D eigenvalue weighted by Crippen LogP contribution is -2.35. The summed E-state index contributed by atoms with van der Waals surface area (Å²) >= 11 is 8.14. The molecular formula is C14H22ClNS. The molecule has 0 radical (unpaired) electrons. The highest BCUT2D eigenvalue weighted by atomic mass is 35.5. The van der Waals surface area contributed by atoms with Crippen LogP contribution in [0.4, 0.5) is 0 Å². The molecular weight excluding hydrogens is 250 g/mol. The Labute approximate surface area is 114 Å². The first kappa shape index (κ1) is 13.4. The van der Waals surface area contributed by atoms with Crippen molar-refractivity contribution in [2.24, 2.45) is 5.92 Å². The minimum absolute atomic E-state index is 0.339. The maximum atomic E-state index is 6.17. The smallest absolute Gasteiger partial charge is 0.0337 e. The van der Waals surface area contributed by atoms with E-state index in [2.05, 4.69) is 30.9 Å². The number of aryl methyl sites for hydroxylation is 1. The third-order valence-corrected chi connectivity index (χ3v) is 5.30. The van der Waals surface area contributed by atoms with Gasteiger partial charge in [-0.25, -0.2) is 0 Å². The van der Waals surface area contributed by atoms with Crippen LogP contribution in [0.5, 0.6) is 0 Å². The van der Waals surface area contributed by atoms with Crippen LogP contribution in [0.3, 0.4) is 0 Å². The molecule has 0 spiro atoms. The van der Waals surface area contributed by atoms with E-state index >= 15 is 0 Å². The zero-order chi connectivity index (χ0) is 12.3. The molecule has 1 fully saturated rings. The van der Waals surface area contributed by atoms with E-state index in [1.807, 2.05) is 11.3 Å². The van der Waals surface area contributed by atoms with Crippen LogP contribution in [0.15, 0.2) is 12.1 Å². The summed E-state index contributed by atoms with van der Waals surface area (Å²) in [7, 11) is 0. The Hall–Kier alpha value is -0.0500. The number of piperidine rings is 1. The van der Waals surface area contributed by atoms with Gasteiger partial charge in [-0.3, -0.25) is 4.90 Å². The van der Waals surface area contributed by atoms with Crippen molar-refractivity contribution < 1.29 is 0 Å². The average molecular weight is 272 g/mol. The highest BCUT2D eigenvalue weighted by molar-refractivity contribution is 7.11. The zero-order valence-electron chi connectivity index (χ0n) is 10.8. The molecule has 0 amide bonds. The van der Waals surface area contributed by atoms with E-state index in [0.717, 1.165) is 18.9 Å². The van der Waals surface area contributed by atoms with Crippen LogP contribution < -0.4 is 0 Å². The quantitative estimate of drug-likeness (QED) is 0.744. The highest BCUT2D eigenvalue weighted by Crippen LogP contribution is 2.26. The van der Waals surface area contributed by atoms with E-state index in [1.165, 1.54) is 35.7 Å². The molecule has 2 heterocycles. The summed E-state index contributed by atoms with van der Waals surface area (Å²) in [6.45, 7) is 7.91. The molecule has 1 aliphatic heterocycles. The number of likely N-dealkylation sites (tertiary alicyclic amines) is 1. The lowest BCUT2D eigenvalue weighted by atomic mass is 9.94. The first-order chi connectivity index (χ1) is 8.19. The lowest BCUT2D eigenvalue weighted by Gasteiger charge is -2.32. The largest absolute Gasteiger partial charge is 0.298 e. The molecule has 96 valence electrons. The third-order valence-electron chi connectivity index (χ3n) is 3.73. The van der Waals surface area contributed by atoms with Gasteiger partial charge in [-0.2, -0.15) is 0 Å². The molecule has 1 atom stereocenters.